The van der Waals surface area contributed by atoms with E-state index in [1.54, 1.807) is 0 Å². The van der Waals surface area contributed by atoms with Crippen molar-refractivity contribution in [3.63, 3.8) is 0 Å². The lowest BCUT2D eigenvalue weighted by Gasteiger charge is -2.28. The van der Waals surface area contributed by atoms with Gasteiger partial charge in [0.15, 0.2) is 0 Å². The molecule has 0 aliphatic heterocycles. The number of hydrogen-bond donors (Lipinski definition) is 1. The maximum Gasteiger partial charge on any atom is 0.109 e. The Morgan fingerprint density at radius 3 is 2.94 bits per heavy atom. The fourth-order valence-corrected chi connectivity index (χ4v) is 2.74. The van der Waals surface area contributed by atoms with Crippen molar-refractivity contribution in [1.82, 2.24) is 5.32 Å². The summed E-state index contributed by atoms with van der Waals surface area (Å²) in [6.45, 7) is 6.10. The van der Waals surface area contributed by atoms with Crippen LogP contribution in [-0.4, -0.2) is 38.5 Å². The van der Waals surface area contributed by atoms with E-state index in [-0.39, 0.29) is 11.6 Å². The van der Waals surface area contributed by atoms with Crippen molar-refractivity contribution in [2.45, 2.75) is 51.2 Å². The van der Waals surface area contributed by atoms with E-state index >= 15 is 0 Å². The van der Waals surface area contributed by atoms with E-state index < -0.39 is 0 Å². The van der Waals surface area contributed by atoms with Crippen LogP contribution in [0.5, 0.6) is 0 Å². The summed E-state index contributed by atoms with van der Waals surface area (Å²) in [5.74, 6) is 0.409. The van der Waals surface area contributed by atoms with Gasteiger partial charge in [-0.15, -0.1) is 0 Å². The lowest BCUT2D eigenvalue weighted by molar-refractivity contribution is -0.00930. The summed E-state index contributed by atoms with van der Waals surface area (Å²) in [7, 11) is 1.89. The molecule has 0 bridgehead atoms. The van der Waals surface area contributed by atoms with Crippen LogP contribution in [0.2, 0.25) is 0 Å². The molecular formula is C14H26N2O2. The standard InChI is InChI=1S/C14H26N2O2/c1-4-17-10-12(2)18-9-7-13-6-5-8-14(13,11-15)16-3/h12-13,16H,4-10H2,1-3H3. The first-order valence-corrected chi connectivity index (χ1v) is 6.98. The molecule has 1 saturated carbocycles. The normalized spacial score (nSPS) is 29.1. The Hall–Kier alpha value is -0.630. The lowest BCUT2D eigenvalue weighted by atomic mass is 9.86. The Balaban J connectivity index is 2.28. The zero-order chi connectivity index (χ0) is 13.4. The molecule has 0 saturated heterocycles. The van der Waals surface area contributed by atoms with E-state index in [9.17, 15) is 5.26 Å². The Bertz CT molecular complexity index is 277. The molecule has 1 aliphatic carbocycles. The van der Waals surface area contributed by atoms with Gasteiger partial charge < -0.3 is 14.8 Å². The Morgan fingerprint density at radius 2 is 2.33 bits per heavy atom. The molecule has 0 aromatic carbocycles. The molecule has 18 heavy (non-hydrogen) atoms. The van der Waals surface area contributed by atoms with Crippen LogP contribution in [0, 0.1) is 17.2 Å². The van der Waals surface area contributed by atoms with Gasteiger partial charge in [0.25, 0.3) is 0 Å². The highest BCUT2D eigenvalue weighted by Crippen LogP contribution is 2.37. The van der Waals surface area contributed by atoms with Gasteiger partial charge in [0.05, 0.1) is 18.8 Å². The molecule has 0 radical (unpaired) electrons. The Morgan fingerprint density at radius 1 is 1.56 bits per heavy atom. The van der Waals surface area contributed by atoms with Gasteiger partial charge in [0.1, 0.15) is 5.54 Å². The van der Waals surface area contributed by atoms with Crippen LogP contribution < -0.4 is 5.32 Å². The minimum absolute atomic E-state index is 0.137. The van der Waals surface area contributed by atoms with Crippen molar-refractivity contribution in [1.29, 1.82) is 5.26 Å². The van der Waals surface area contributed by atoms with Gasteiger partial charge in [-0.1, -0.05) is 6.42 Å². The second-order valence-corrected chi connectivity index (χ2v) is 5.05. The molecule has 104 valence electrons. The van der Waals surface area contributed by atoms with Crippen molar-refractivity contribution >= 4 is 0 Å². The van der Waals surface area contributed by atoms with Gasteiger partial charge in [-0.3, -0.25) is 0 Å². The zero-order valence-electron chi connectivity index (χ0n) is 11.9. The fourth-order valence-electron chi connectivity index (χ4n) is 2.74. The topological polar surface area (TPSA) is 54.3 Å². The molecule has 0 aromatic heterocycles. The van der Waals surface area contributed by atoms with E-state index in [2.05, 4.69) is 11.4 Å². The van der Waals surface area contributed by atoms with Crippen LogP contribution in [0.25, 0.3) is 0 Å². The monoisotopic (exact) mass is 254 g/mol. The molecule has 0 aromatic rings. The van der Waals surface area contributed by atoms with E-state index in [1.807, 2.05) is 20.9 Å². The van der Waals surface area contributed by atoms with Crippen molar-refractivity contribution in [2.24, 2.45) is 5.92 Å². The highest BCUT2D eigenvalue weighted by Gasteiger charge is 2.41. The molecule has 1 aliphatic rings. The van der Waals surface area contributed by atoms with Gasteiger partial charge in [-0.2, -0.15) is 5.26 Å². The molecule has 3 atom stereocenters. The number of nitrogens with zero attached hydrogens (tertiary/aromatic N) is 1. The third-order valence-corrected chi connectivity index (χ3v) is 3.89. The van der Waals surface area contributed by atoms with Crippen molar-refractivity contribution < 1.29 is 9.47 Å². The molecule has 1 rings (SSSR count). The molecule has 3 unspecified atom stereocenters. The van der Waals surface area contributed by atoms with E-state index in [0.717, 1.165) is 32.3 Å². The second kappa shape index (κ2) is 7.73. The first-order valence-electron chi connectivity index (χ1n) is 6.98. The van der Waals surface area contributed by atoms with Gasteiger partial charge in [-0.05, 0) is 46.1 Å². The van der Waals surface area contributed by atoms with Crippen molar-refractivity contribution in [3.05, 3.63) is 0 Å². The number of nitriles is 1. The summed E-state index contributed by atoms with van der Waals surface area (Å²) in [5.41, 5.74) is -0.327. The summed E-state index contributed by atoms with van der Waals surface area (Å²) in [5, 5.41) is 12.5. The molecule has 0 heterocycles. The summed E-state index contributed by atoms with van der Waals surface area (Å²) >= 11 is 0. The van der Waals surface area contributed by atoms with Gasteiger partial charge in [0.2, 0.25) is 0 Å². The van der Waals surface area contributed by atoms with Crippen LogP contribution in [0.4, 0.5) is 0 Å². The van der Waals surface area contributed by atoms with E-state index in [4.69, 9.17) is 9.47 Å². The minimum atomic E-state index is -0.327. The molecule has 1 N–H and O–H groups in total. The predicted molar refractivity (Wildman–Crippen MR) is 71.3 cm³/mol. The molecule has 1 fully saturated rings. The third-order valence-electron chi connectivity index (χ3n) is 3.89. The summed E-state index contributed by atoms with van der Waals surface area (Å²) in [6.07, 6.45) is 4.30. The quantitative estimate of drug-likeness (QED) is 0.720. The smallest absolute Gasteiger partial charge is 0.109 e. The third kappa shape index (κ3) is 3.94. The van der Waals surface area contributed by atoms with E-state index in [1.165, 1.54) is 0 Å². The first-order chi connectivity index (χ1) is 8.68. The van der Waals surface area contributed by atoms with Crippen LogP contribution in [0.15, 0.2) is 0 Å². The average molecular weight is 254 g/mol. The average Bonchev–Trinajstić information content (AvgIpc) is 2.80. The van der Waals surface area contributed by atoms with Crippen molar-refractivity contribution in [3.8, 4) is 6.07 Å². The highest BCUT2D eigenvalue weighted by molar-refractivity contribution is 5.13. The fraction of sp³-hybridized carbons (Fsp3) is 0.929. The zero-order valence-corrected chi connectivity index (χ0v) is 11.9. The maximum absolute atomic E-state index is 9.34. The summed E-state index contributed by atoms with van der Waals surface area (Å²) in [6, 6.07) is 2.46. The summed E-state index contributed by atoms with van der Waals surface area (Å²) in [4.78, 5) is 0. The van der Waals surface area contributed by atoms with E-state index in [0.29, 0.717) is 19.1 Å². The highest BCUT2D eigenvalue weighted by atomic mass is 16.5. The van der Waals surface area contributed by atoms with Crippen LogP contribution in [0.3, 0.4) is 0 Å². The summed E-state index contributed by atoms with van der Waals surface area (Å²) < 4.78 is 11.0. The van der Waals surface area contributed by atoms with Crippen molar-refractivity contribution in [2.75, 3.05) is 26.9 Å². The largest absolute Gasteiger partial charge is 0.379 e. The number of ether oxygens (including phenoxy) is 2. The molecular weight excluding hydrogens is 228 g/mol. The Labute approximate surface area is 111 Å². The van der Waals surface area contributed by atoms with Crippen LogP contribution in [0.1, 0.15) is 39.5 Å². The Kier molecular flexibility index (Phi) is 6.62. The van der Waals surface area contributed by atoms with Gasteiger partial charge in [-0.25, -0.2) is 0 Å². The molecule has 4 heteroatoms. The lowest BCUT2D eigenvalue weighted by Crippen LogP contribution is -2.45. The van der Waals surface area contributed by atoms with Crippen LogP contribution >= 0.6 is 0 Å². The number of hydrogen-bond acceptors (Lipinski definition) is 4. The number of nitrogens with one attached hydrogen (secondary N) is 1. The SMILES string of the molecule is CCOCC(C)OCCC1CCCC1(C#N)NC. The predicted octanol–water partition coefficient (Wildman–Crippen LogP) is 2.10. The maximum atomic E-state index is 9.34. The van der Waals surface area contributed by atoms with Crippen LogP contribution in [-0.2, 0) is 9.47 Å². The molecule has 4 nitrogen and oxygen atoms in total. The number of rotatable bonds is 8. The first kappa shape index (κ1) is 15.4. The minimum Gasteiger partial charge on any atom is -0.379 e. The molecule has 0 spiro atoms. The molecule has 0 amide bonds. The second-order valence-electron chi connectivity index (χ2n) is 5.05. The van der Waals surface area contributed by atoms with Gasteiger partial charge >= 0.3 is 0 Å². The van der Waals surface area contributed by atoms with Gasteiger partial charge in [0, 0.05) is 13.2 Å².